The van der Waals surface area contributed by atoms with Gasteiger partial charge in [0.2, 0.25) is 0 Å². The van der Waals surface area contributed by atoms with E-state index in [1.807, 2.05) is 36.4 Å². The molecule has 5 nitrogen and oxygen atoms in total. The zero-order valence-electron chi connectivity index (χ0n) is 25.1. The molecule has 0 spiro atoms. The van der Waals surface area contributed by atoms with Gasteiger partial charge in [-0.25, -0.2) is 14.0 Å². The van der Waals surface area contributed by atoms with E-state index in [0.717, 1.165) is 49.0 Å². The molecular formula is C36H45FO5. The Morgan fingerprint density at radius 2 is 1.26 bits per heavy atom. The van der Waals surface area contributed by atoms with Crippen molar-refractivity contribution in [3.63, 3.8) is 0 Å². The maximum Gasteiger partial charge on any atom is 0.343 e. The van der Waals surface area contributed by atoms with Crippen LogP contribution in [0.4, 0.5) is 4.39 Å². The first-order chi connectivity index (χ1) is 20.4. The van der Waals surface area contributed by atoms with E-state index in [4.69, 9.17) is 9.47 Å². The van der Waals surface area contributed by atoms with Gasteiger partial charge < -0.3 is 14.6 Å². The summed E-state index contributed by atoms with van der Waals surface area (Å²) in [5.74, 6) is -0.837. The Balaban J connectivity index is 1.56. The van der Waals surface area contributed by atoms with Crippen molar-refractivity contribution in [2.75, 3.05) is 6.61 Å². The monoisotopic (exact) mass is 576 g/mol. The number of halogens is 1. The molecule has 0 amide bonds. The fraction of sp³-hybridized carbons (Fsp3) is 0.444. The van der Waals surface area contributed by atoms with Crippen LogP contribution in [0.3, 0.4) is 0 Å². The maximum atomic E-state index is 15.1. The summed E-state index contributed by atoms with van der Waals surface area (Å²) < 4.78 is 26.4. The van der Waals surface area contributed by atoms with Crippen molar-refractivity contribution in [2.24, 2.45) is 0 Å². The number of carboxylic acid groups (broad SMARTS) is 1. The zero-order chi connectivity index (χ0) is 30.2. The number of aromatic carboxylic acids is 1. The lowest BCUT2D eigenvalue weighted by Crippen LogP contribution is -2.10. The smallest absolute Gasteiger partial charge is 0.343 e. The van der Waals surface area contributed by atoms with Crippen molar-refractivity contribution in [1.82, 2.24) is 0 Å². The third-order valence-corrected chi connectivity index (χ3v) is 7.44. The normalized spacial score (nSPS) is 11.7. The van der Waals surface area contributed by atoms with Gasteiger partial charge in [0.05, 0.1) is 17.7 Å². The van der Waals surface area contributed by atoms with E-state index in [0.29, 0.717) is 18.6 Å². The summed E-state index contributed by atoms with van der Waals surface area (Å²) >= 11 is 0. The number of unbranched alkanes of at least 4 members (excludes halogenated alkanes) is 9. The standard InChI is InChI=1S/C36H45FO5/c1-3-5-7-9-11-13-25-41-30-21-19-28(20-22-30)27-15-17-29(18-16-27)36(40)42-31-23-24-32(35(38)39)33(26-31)34(37)14-12-10-8-6-4-2/h15-24,26,34H,3-14,25H2,1-2H3,(H,38,39). The molecule has 1 unspecified atom stereocenters. The zero-order valence-corrected chi connectivity index (χ0v) is 25.1. The van der Waals surface area contributed by atoms with Crippen LogP contribution in [0.25, 0.3) is 11.1 Å². The first kappa shape index (κ1) is 32.8. The van der Waals surface area contributed by atoms with Crippen molar-refractivity contribution in [3.8, 4) is 22.6 Å². The number of hydrogen-bond acceptors (Lipinski definition) is 4. The number of hydrogen-bond donors (Lipinski definition) is 1. The van der Waals surface area contributed by atoms with Crippen LogP contribution in [0, 0.1) is 0 Å². The van der Waals surface area contributed by atoms with Gasteiger partial charge in [0.1, 0.15) is 17.7 Å². The number of benzene rings is 3. The van der Waals surface area contributed by atoms with Crippen LogP contribution >= 0.6 is 0 Å². The van der Waals surface area contributed by atoms with Crippen LogP contribution < -0.4 is 9.47 Å². The van der Waals surface area contributed by atoms with Gasteiger partial charge >= 0.3 is 11.9 Å². The summed E-state index contributed by atoms with van der Waals surface area (Å²) in [6, 6.07) is 19.0. The number of ether oxygens (including phenoxy) is 2. The molecule has 0 bridgehead atoms. The van der Waals surface area contributed by atoms with Crippen LogP contribution in [-0.2, 0) is 0 Å². The number of carbonyl (C=O) groups excluding carboxylic acids is 1. The highest BCUT2D eigenvalue weighted by molar-refractivity contribution is 5.92. The van der Waals surface area contributed by atoms with E-state index in [-0.39, 0.29) is 23.3 Å². The fourth-order valence-corrected chi connectivity index (χ4v) is 4.92. The van der Waals surface area contributed by atoms with Gasteiger partial charge in [-0.3, -0.25) is 0 Å². The average Bonchev–Trinajstić information content (AvgIpc) is 3.00. The second-order valence-corrected chi connectivity index (χ2v) is 10.8. The highest BCUT2D eigenvalue weighted by Gasteiger charge is 2.20. The molecule has 6 heteroatoms. The topological polar surface area (TPSA) is 72.8 Å². The molecule has 3 aromatic carbocycles. The van der Waals surface area contributed by atoms with Crippen molar-refractivity contribution < 1.29 is 28.6 Å². The van der Waals surface area contributed by atoms with Gasteiger partial charge in [-0.05, 0) is 66.4 Å². The predicted molar refractivity (Wildman–Crippen MR) is 166 cm³/mol. The summed E-state index contributed by atoms with van der Waals surface area (Å²) in [6.07, 6.45) is 10.9. The van der Waals surface area contributed by atoms with E-state index in [9.17, 15) is 14.7 Å². The molecule has 0 saturated heterocycles. The Labute approximate surface area is 250 Å². The number of carboxylic acids is 1. The second kappa shape index (κ2) is 18.0. The molecular weight excluding hydrogens is 531 g/mol. The molecule has 3 rings (SSSR count). The van der Waals surface area contributed by atoms with E-state index >= 15 is 4.39 Å². The number of esters is 1. The largest absolute Gasteiger partial charge is 0.494 e. The first-order valence-corrected chi connectivity index (χ1v) is 15.5. The van der Waals surface area contributed by atoms with Gasteiger partial charge in [-0.15, -0.1) is 0 Å². The predicted octanol–water partition coefficient (Wildman–Crippen LogP) is 10.4. The Hall–Kier alpha value is -3.67. The highest BCUT2D eigenvalue weighted by atomic mass is 19.1. The fourth-order valence-electron chi connectivity index (χ4n) is 4.92. The van der Waals surface area contributed by atoms with E-state index in [2.05, 4.69) is 13.8 Å². The molecule has 0 aliphatic carbocycles. The van der Waals surface area contributed by atoms with Crippen LogP contribution in [-0.4, -0.2) is 23.7 Å². The lowest BCUT2D eigenvalue weighted by Gasteiger charge is -2.14. The number of carbonyl (C=O) groups is 2. The molecule has 0 heterocycles. The Morgan fingerprint density at radius 3 is 1.88 bits per heavy atom. The molecule has 0 aliphatic heterocycles. The lowest BCUT2D eigenvalue weighted by molar-refractivity contribution is 0.0692. The van der Waals surface area contributed by atoms with Gasteiger partial charge in [0.15, 0.2) is 0 Å². The Kier molecular flexibility index (Phi) is 14.1. The van der Waals surface area contributed by atoms with E-state index in [1.165, 1.54) is 50.3 Å². The van der Waals surface area contributed by atoms with Gasteiger partial charge in [-0.1, -0.05) is 102 Å². The van der Waals surface area contributed by atoms with Gasteiger partial charge in [0, 0.05) is 5.56 Å². The minimum absolute atomic E-state index is 0.0399. The number of alkyl halides is 1. The van der Waals surface area contributed by atoms with Crippen molar-refractivity contribution in [3.05, 3.63) is 83.4 Å². The lowest BCUT2D eigenvalue weighted by atomic mass is 9.98. The molecule has 3 aromatic rings. The molecule has 0 fully saturated rings. The van der Waals surface area contributed by atoms with E-state index in [1.54, 1.807) is 12.1 Å². The minimum Gasteiger partial charge on any atom is -0.494 e. The summed E-state index contributed by atoms with van der Waals surface area (Å²) in [7, 11) is 0. The minimum atomic E-state index is -1.44. The van der Waals surface area contributed by atoms with Crippen LogP contribution in [0.5, 0.6) is 11.5 Å². The van der Waals surface area contributed by atoms with Gasteiger partial charge in [-0.2, -0.15) is 0 Å². The van der Waals surface area contributed by atoms with Crippen LogP contribution in [0.15, 0.2) is 66.7 Å². The maximum absolute atomic E-state index is 15.1. The second-order valence-electron chi connectivity index (χ2n) is 10.8. The average molecular weight is 577 g/mol. The summed E-state index contributed by atoms with van der Waals surface area (Å²) in [5.41, 5.74) is 2.21. The number of rotatable bonds is 19. The molecule has 226 valence electrons. The summed E-state index contributed by atoms with van der Waals surface area (Å²) in [4.78, 5) is 24.5. The van der Waals surface area contributed by atoms with Crippen molar-refractivity contribution in [2.45, 2.75) is 97.1 Å². The Bertz CT molecular complexity index is 1240. The molecule has 1 atom stereocenters. The first-order valence-electron chi connectivity index (χ1n) is 15.5. The molecule has 0 saturated carbocycles. The van der Waals surface area contributed by atoms with E-state index < -0.39 is 18.1 Å². The van der Waals surface area contributed by atoms with Crippen LogP contribution in [0.2, 0.25) is 0 Å². The van der Waals surface area contributed by atoms with Crippen molar-refractivity contribution >= 4 is 11.9 Å². The third kappa shape index (κ3) is 10.6. The quantitative estimate of drug-likeness (QED) is 0.0873. The third-order valence-electron chi connectivity index (χ3n) is 7.44. The molecule has 0 radical (unpaired) electrons. The Morgan fingerprint density at radius 1 is 0.714 bits per heavy atom. The van der Waals surface area contributed by atoms with Crippen molar-refractivity contribution in [1.29, 1.82) is 0 Å². The molecule has 0 aromatic heterocycles. The highest BCUT2D eigenvalue weighted by Crippen LogP contribution is 2.31. The summed E-state index contributed by atoms with van der Waals surface area (Å²) in [5, 5.41) is 9.54. The molecule has 0 aliphatic rings. The molecule has 42 heavy (non-hydrogen) atoms. The molecule has 1 N–H and O–H groups in total. The summed E-state index contributed by atoms with van der Waals surface area (Å²) in [6.45, 7) is 5.05. The van der Waals surface area contributed by atoms with Gasteiger partial charge in [0.25, 0.3) is 0 Å². The van der Waals surface area contributed by atoms with Crippen LogP contribution in [0.1, 0.15) is 123 Å². The SMILES string of the molecule is CCCCCCCCOc1ccc(-c2ccc(C(=O)Oc3ccc(C(=O)O)c(C(F)CCCCCCC)c3)cc2)cc1.